The molecule has 0 radical (unpaired) electrons. The smallest absolute Gasteiger partial charge is 0.373 e. The number of carbonyl (C=O) groups excluding carboxylic acids is 1. The van der Waals surface area contributed by atoms with E-state index in [0.29, 0.717) is 0 Å². The van der Waals surface area contributed by atoms with Crippen molar-refractivity contribution in [1.29, 1.82) is 5.26 Å². The van der Waals surface area contributed by atoms with E-state index in [0.717, 1.165) is 12.3 Å². The predicted molar refractivity (Wildman–Crippen MR) is 73.0 cm³/mol. The topological polar surface area (TPSA) is 64.9 Å². The number of alkyl halides is 3. The van der Waals surface area contributed by atoms with E-state index in [1.165, 1.54) is 24.3 Å². The molecule has 0 saturated heterocycles. The molecule has 4 nitrogen and oxygen atoms in total. The minimum atomic E-state index is -4.87. The maximum Gasteiger partial charge on any atom is 0.411 e. The largest absolute Gasteiger partial charge is 0.411 e. The van der Waals surface area contributed by atoms with E-state index in [1.807, 2.05) is 0 Å². The molecule has 3 rings (SSSR count). The van der Waals surface area contributed by atoms with Gasteiger partial charge in [0.05, 0.1) is 6.07 Å². The zero-order valence-corrected chi connectivity index (χ0v) is 11.7. The van der Waals surface area contributed by atoms with Crippen LogP contribution < -0.4 is 10.6 Å². The summed E-state index contributed by atoms with van der Waals surface area (Å²) in [5.74, 6) is -1.99. The summed E-state index contributed by atoms with van der Waals surface area (Å²) in [5, 5.41) is 14.6. The Balaban J connectivity index is 2.34. The van der Waals surface area contributed by atoms with Crippen LogP contribution in [-0.2, 0) is 10.2 Å². The fraction of sp³-hybridized carbons (Fsp3) is 0.286. The molecule has 1 aromatic rings. The molecule has 2 aliphatic rings. The molecule has 0 aromatic heterocycles. The van der Waals surface area contributed by atoms with Crippen LogP contribution in [0.5, 0.6) is 0 Å². The van der Waals surface area contributed by atoms with Crippen LogP contribution in [0.25, 0.3) is 0 Å². The fourth-order valence-electron chi connectivity index (χ4n) is 3.00. The van der Waals surface area contributed by atoms with Gasteiger partial charge in [0.25, 0.3) is 0 Å². The summed E-state index contributed by atoms with van der Waals surface area (Å²) in [4.78, 5) is 11.9. The monoisotopic (exact) mass is 327 g/mol. The minimum Gasteiger partial charge on any atom is -0.373 e. The third kappa shape index (κ3) is 1.80. The van der Waals surface area contributed by atoms with Crippen LogP contribution in [0.3, 0.4) is 0 Å². The Labute approximate surface area is 128 Å². The highest BCUT2D eigenvalue weighted by Crippen LogP contribution is 2.54. The van der Waals surface area contributed by atoms with Gasteiger partial charge in [-0.15, -0.1) is 0 Å². The minimum absolute atomic E-state index is 0.0787. The van der Waals surface area contributed by atoms with E-state index in [2.05, 4.69) is 10.6 Å². The Bertz CT molecular complexity index is 725. The summed E-state index contributed by atoms with van der Waals surface area (Å²) in [7, 11) is 0. The van der Waals surface area contributed by atoms with E-state index >= 15 is 0 Å². The first-order valence-electron chi connectivity index (χ1n) is 6.33. The average molecular weight is 328 g/mol. The van der Waals surface area contributed by atoms with Crippen molar-refractivity contribution < 1.29 is 18.0 Å². The molecule has 114 valence electrons. The zero-order valence-electron chi connectivity index (χ0n) is 10.9. The van der Waals surface area contributed by atoms with Crippen molar-refractivity contribution in [2.75, 3.05) is 5.32 Å². The van der Waals surface area contributed by atoms with Crippen LogP contribution in [0.2, 0.25) is 5.02 Å². The average Bonchev–Trinajstić information content (AvgIpc) is 2.44. The highest BCUT2D eigenvalue weighted by molar-refractivity contribution is 6.30. The Morgan fingerprint density at radius 3 is 2.73 bits per heavy atom. The van der Waals surface area contributed by atoms with Gasteiger partial charge < -0.3 is 10.6 Å². The lowest BCUT2D eigenvalue weighted by atomic mass is 9.64. The number of nitriles is 1. The van der Waals surface area contributed by atoms with Gasteiger partial charge in [-0.1, -0.05) is 17.7 Å². The van der Waals surface area contributed by atoms with Crippen molar-refractivity contribution in [3.63, 3.8) is 0 Å². The highest BCUT2D eigenvalue weighted by Gasteiger charge is 2.66. The summed E-state index contributed by atoms with van der Waals surface area (Å²) in [6.07, 6.45) is -2.54. The number of nitrogens with one attached hydrogen (secondary N) is 2. The molecule has 2 heterocycles. The molecule has 2 N–H and O–H groups in total. The van der Waals surface area contributed by atoms with Crippen molar-refractivity contribution >= 4 is 23.2 Å². The first kappa shape index (κ1) is 14.7. The number of benzene rings is 1. The highest BCUT2D eigenvalue weighted by atomic mass is 35.5. The Morgan fingerprint density at radius 2 is 2.09 bits per heavy atom. The molecule has 1 amide bonds. The van der Waals surface area contributed by atoms with E-state index in [1.54, 1.807) is 0 Å². The van der Waals surface area contributed by atoms with Gasteiger partial charge in [0.1, 0.15) is 6.04 Å². The Kier molecular flexibility index (Phi) is 3.11. The molecule has 0 fully saturated rings. The Morgan fingerprint density at radius 1 is 1.36 bits per heavy atom. The van der Waals surface area contributed by atoms with Crippen molar-refractivity contribution in [2.45, 2.75) is 17.6 Å². The van der Waals surface area contributed by atoms with Crippen molar-refractivity contribution in [1.82, 2.24) is 5.32 Å². The quantitative estimate of drug-likeness (QED) is 0.770. The second-order valence-corrected chi connectivity index (χ2v) is 5.56. The van der Waals surface area contributed by atoms with Gasteiger partial charge in [-0.25, -0.2) is 0 Å². The molecular formula is C14H9ClF3N3O. The number of anilines is 1. The molecule has 22 heavy (non-hydrogen) atoms. The molecule has 0 bridgehead atoms. The predicted octanol–water partition coefficient (Wildman–Crippen LogP) is 2.72. The molecule has 8 heteroatoms. The van der Waals surface area contributed by atoms with Crippen molar-refractivity contribution in [2.24, 2.45) is 5.92 Å². The number of fused-ring (bicyclic) bond motifs is 2. The first-order chi connectivity index (χ1) is 10.3. The summed E-state index contributed by atoms with van der Waals surface area (Å²) >= 11 is 5.81. The van der Waals surface area contributed by atoms with Crippen LogP contribution >= 0.6 is 11.6 Å². The number of hydrogen-bond acceptors (Lipinski definition) is 3. The number of rotatable bonds is 0. The first-order valence-corrected chi connectivity index (χ1v) is 6.70. The molecule has 0 aliphatic carbocycles. The molecule has 0 spiro atoms. The molecule has 3 atom stereocenters. The van der Waals surface area contributed by atoms with Gasteiger partial charge in [-0.05, 0) is 18.2 Å². The van der Waals surface area contributed by atoms with Gasteiger partial charge in [0, 0.05) is 28.4 Å². The second-order valence-electron chi connectivity index (χ2n) is 5.12. The van der Waals surface area contributed by atoms with E-state index < -0.39 is 29.5 Å². The maximum absolute atomic E-state index is 13.8. The number of hydrogen-bond donors (Lipinski definition) is 2. The van der Waals surface area contributed by atoms with Crippen molar-refractivity contribution in [3.8, 4) is 6.07 Å². The SMILES string of the molecule is N#CC1(C(F)(F)F)c2cc(Cl)ccc2NC2C(=O)NC=CC21. The third-order valence-corrected chi connectivity index (χ3v) is 4.25. The van der Waals surface area contributed by atoms with Crippen LogP contribution in [0.1, 0.15) is 5.56 Å². The van der Waals surface area contributed by atoms with Crippen LogP contribution in [0.4, 0.5) is 18.9 Å². The standard InChI is InChI=1S/C14H9ClF3N3O/c15-7-1-2-10-9(5-7)13(6-19,14(16,17)18)8-3-4-20-12(22)11(8)21-10/h1-5,8,11,21H,(H,20,22). The lowest BCUT2D eigenvalue weighted by Crippen LogP contribution is -2.60. The van der Waals surface area contributed by atoms with Crippen LogP contribution in [-0.4, -0.2) is 18.1 Å². The lowest BCUT2D eigenvalue weighted by Gasteiger charge is -2.45. The number of amides is 1. The van der Waals surface area contributed by atoms with Crippen molar-refractivity contribution in [3.05, 3.63) is 41.1 Å². The summed E-state index contributed by atoms with van der Waals surface area (Å²) < 4.78 is 41.5. The molecule has 2 aliphatic heterocycles. The molecule has 3 unspecified atom stereocenters. The molecular weight excluding hydrogens is 319 g/mol. The van der Waals surface area contributed by atoms with Gasteiger partial charge >= 0.3 is 6.18 Å². The fourth-order valence-corrected chi connectivity index (χ4v) is 3.18. The number of carbonyl (C=O) groups is 1. The third-order valence-electron chi connectivity index (χ3n) is 4.01. The summed E-state index contributed by atoms with van der Waals surface area (Å²) in [6, 6.07) is 4.10. The van der Waals surface area contributed by atoms with Gasteiger partial charge in [-0.3, -0.25) is 4.79 Å². The number of halogens is 4. The molecule has 0 saturated carbocycles. The second kappa shape index (κ2) is 4.65. The summed E-state index contributed by atoms with van der Waals surface area (Å²) in [5.41, 5.74) is -3.03. The molecule has 1 aromatic carbocycles. The maximum atomic E-state index is 13.8. The number of nitrogens with zero attached hydrogens (tertiary/aromatic N) is 1. The van der Waals surface area contributed by atoms with E-state index in [-0.39, 0.29) is 16.3 Å². The van der Waals surface area contributed by atoms with Gasteiger partial charge in [0.15, 0.2) is 5.41 Å². The lowest BCUT2D eigenvalue weighted by molar-refractivity contribution is -0.186. The van der Waals surface area contributed by atoms with Crippen LogP contribution in [0.15, 0.2) is 30.5 Å². The van der Waals surface area contributed by atoms with E-state index in [9.17, 15) is 23.2 Å². The Hall–Kier alpha value is -2.20. The van der Waals surface area contributed by atoms with E-state index in [4.69, 9.17) is 11.6 Å². The zero-order chi connectivity index (χ0) is 16.1. The summed E-state index contributed by atoms with van der Waals surface area (Å²) in [6.45, 7) is 0. The van der Waals surface area contributed by atoms with Gasteiger partial charge in [-0.2, -0.15) is 18.4 Å². The van der Waals surface area contributed by atoms with Crippen LogP contribution in [0, 0.1) is 17.2 Å². The normalized spacial score (nSPS) is 29.7. The van der Waals surface area contributed by atoms with Gasteiger partial charge in [0.2, 0.25) is 5.91 Å².